The van der Waals surface area contributed by atoms with E-state index in [1.54, 1.807) is 0 Å². The molecular formula is C13H17N5O. The molecule has 0 bridgehead atoms. The summed E-state index contributed by atoms with van der Waals surface area (Å²) in [5.74, 6) is -0.151. The normalized spacial score (nSPS) is 17.7. The molecule has 2 N–H and O–H groups in total. The molecule has 0 saturated carbocycles. The summed E-state index contributed by atoms with van der Waals surface area (Å²) in [4.78, 5) is 14.5. The van der Waals surface area contributed by atoms with E-state index >= 15 is 0 Å². The molecule has 0 spiro atoms. The fraction of sp³-hybridized carbons (Fsp3) is 0.385. The van der Waals surface area contributed by atoms with Gasteiger partial charge in [0.05, 0.1) is 5.52 Å². The molecule has 0 atom stereocenters. The van der Waals surface area contributed by atoms with Crippen molar-refractivity contribution in [1.82, 2.24) is 25.5 Å². The Morgan fingerprint density at radius 2 is 2.00 bits per heavy atom. The number of nitrogens with zero attached hydrogens (tertiary/aromatic N) is 3. The Morgan fingerprint density at radius 3 is 2.79 bits per heavy atom. The van der Waals surface area contributed by atoms with Crippen molar-refractivity contribution in [2.24, 2.45) is 0 Å². The second kappa shape index (κ2) is 4.99. The van der Waals surface area contributed by atoms with E-state index in [0.29, 0.717) is 5.69 Å². The average Bonchev–Trinajstić information content (AvgIpc) is 2.85. The molecule has 1 aliphatic heterocycles. The number of carbonyl (C=O) groups excluding carboxylic acids is 1. The summed E-state index contributed by atoms with van der Waals surface area (Å²) in [6, 6.07) is 7.64. The molecule has 1 aromatic heterocycles. The second-order valence-electron chi connectivity index (χ2n) is 4.85. The number of hydrogen-bond acceptors (Lipinski definition) is 4. The Hall–Kier alpha value is -1.92. The minimum absolute atomic E-state index is 0.151. The van der Waals surface area contributed by atoms with Crippen molar-refractivity contribution in [3.63, 3.8) is 0 Å². The number of H-pyrrole nitrogens is 1. The van der Waals surface area contributed by atoms with Crippen LogP contribution in [0.15, 0.2) is 24.3 Å². The zero-order valence-electron chi connectivity index (χ0n) is 10.9. The number of amides is 1. The highest BCUT2D eigenvalue weighted by Crippen LogP contribution is 2.14. The van der Waals surface area contributed by atoms with Crippen molar-refractivity contribution in [3.05, 3.63) is 30.0 Å². The molecule has 1 amide bonds. The number of piperazine rings is 1. The van der Waals surface area contributed by atoms with Gasteiger partial charge in [0.25, 0.3) is 5.91 Å². The molecule has 19 heavy (non-hydrogen) atoms. The van der Waals surface area contributed by atoms with Crippen LogP contribution in [-0.4, -0.2) is 59.2 Å². The van der Waals surface area contributed by atoms with Gasteiger partial charge in [0.1, 0.15) is 0 Å². The number of hydrazine groups is 1. The number of aromatic nitrogens is 2. The molecule has 1 saturated heterocycles. The first-order valence-corrected chi connectivity index (χ1v) is 6.41. The van der Waals surface area contributed by atoms with E-state index in [0.717, 1.165) is 37.1 Å². The number of likely N-dealkylation sites (N-methyl/N-ethyl adjacent to an activating group) is 1. The van der Waals surface area contributed by atoms with Crippen LogP contribution in [0.4, 0.5) is 0 Å². The van der Waals surface area contributed by atoms with E-state index in [2.05, 4.69) is 27.6 Å². The van der Waals surface area contributed by atoms with E-state index in [1.807, 2.05) is 29.3 Å². The predicted molar refractivity (Wildman–Crippen MR) is 72.6 cm³/mol. The lowest BCUT2D eigenvalue weighted by molar-refractivity contribution is 0.0659. The molecule has 100 valence electrons. The van der Waals surface area contributed by atoms with Crippen LogP contribution in [0.25, 0.3) is 10.9 Å². The van der Waals surface area contributed by atoms with Crippen molar-refractivity contribution in [3.8, 4) is 0 Å². The lowest BCUT2D eigenvalue weighted by atomic mass is 10.2. The highest BCUT2D eigenvalue weighted by molar-refractivity contribution is 6.04. The number of fused-ring (bicyclic) bond motifs is 1. The summed E-state index contributed by atoms with van der Waals surface area (Å²) in [7, 11) is 2.08. The quantitative estimate of drug-likeness (QED) is 0.822. The molecular weight excluding hydrogens is 242 g/mol. The van der Waals surface area contributed by atoms with Gasteiger partial charge in [-0.2, -0.15) is 5.10 Å². The van der Waals surface area contributed by atoms with Crippen molar-refractivity contribution >= 4 is 16.8 Å². The largest absolute Gasteiger partial charge is 0.304 e. The van der Waals surface area contributed by atoms with Gasteiger partial charge in [-0.1, -0.05) is 18.2 Å². The summed E-state index contributed by atoms with van der Waals surface area (Å²) in [5, 5.41) is 9.78. The number of aromatic amines is 1. The monoisotopic (exact) mass is 259 g/mol. The number of para-hydroxylation sites is 1. The van der Waals surface area contributed by atoms with Gasteiger partial charge >= 0.3 is 0 Å². The third-order valence-corrected chi connectivity index (χ3v) is 3.45. The van der Waals surface area contributed by atoms with Crippen LogP contribution in [-0.2, 0) is 0 Å². The SMILES string of the molecule is CN1CCN(NC(=O)c2n[nH]c3ccccc23)CC1. The first-order valence-electron chi connectivity index (χ1n) is 6.41. The highest BCUT2D eigenvalue weighted by atomic mass is 16.2. The molecule has 1 fully saturated rings. The maximum atomic E-state index is 12.2. The van der Waals surface area contributed by atoms with Crippen molar-refractivity contribution in [2.75, 3.05) is 33.2 Å². The highest BCUT2D eigenvalue weighted by Gasteiger charge is 2.19. The molecule has 0 aliphatic carbocycles. The summed E-state index contributed by atoms with van der Waals surface area (Å²) in [6.45, 7) is 3.60. The standard InChI is InChI=1S/C13H17N5O/c1-17-6-8-18(9-7-17)16-13(19)12-10-4-2-3-5-11(10)14-15-12/h2-5H,6-9H2,1H3,(H,14,15)(H,16,19). The number of hydrogen-bond donors (Lipinski definition) is 2. The first-order chi connectivity index (χ1) is 9.24. The molecule has 2 heterocycles. The van der Waals surface area contributed by atoms with E-state index < -0.39 is 0 Å². The molecule has 6 nitrogen and oxygen atoms in total. The van der Waals surface area contributed by atoms with Gasteiger partial charge in [-0.25, -0.2) is 5.01 Å². The second-order valence-corrected chi connectivity index (χ2v) is 4.85. The van der Waals surface area contributed by atoms with Crippen LogP contribution in [0.2, 0.25) is 0 Å². The Morgan fingerprint density at radius 1 is 1.26 bits per heavy atom. The predicted octanol–water partition coefficient (Wildman–Crippen LogP) is 0.455. The maximum Gasteiger partial charge on any atom is 0.286 e. The number of rotatable bonds is 2. The van der Waals surface area contributed by atoms with Gasteiger partial charge in [-0.3, -0.25) is 15.3 Å². The Bertz CT molecular complexity index is 585. The van der Waals surface area contributed by atoms with Crippen LogP contribution in [0.5, 0.6) is 0 Å². The van der Waals surface area contributed by atoms with E-state index in [9.17, 15) is 4.79 Å². The summed E-state index contributed by atoms with van der Waals surface area (Å²) in [6.07, 6.45) is 0. The fourth-order valence-corrected chi connectivity index (χ4v) is 2.25. The third-order valence-electron chi connectivity index (χ3n) is 3.45. The van der Waals surface area contributed by atoms with Gasteiger partial charge < -0.3 is 4.90 Å². The Balaban J connectivity index is 1.73. The molecule has 1 aromatic carbocycles. The van der Waals surface area contributed by atoms with Gasteiger partial charge in [0, 0.05) is 31.6 Å². The summed E-state index contributed by atoms with van der Waals surface area (Å²) in [5.41, 5.74) is 4.25. The van der Waals surface area contributed by atoms with Gasteiger partial charge in [0.2, 0.25) is 0 Å². The van der Waals surface area contributed by atoms with Crippen LogP contribution in [0.1, 0.15) is 10.5 Å². The molecule has 0 unspecified atom stereocenters. The lowest BCUT2D eigenvalue weighted by Crippen LogP contribution is -2.52. The van der Waals surface area contributed by atoms with Crippen LogP contribution in [0.3, 0.4) is 0 Å². The molecule has 6 heteroatoms. The number of nitrogens with one attached hydrogen (secondary N) is 2. The molecule has 3 rings (SSSR count). The zero-order chi connectivity index (χ0) is 13.2. The van der Waals surface area contributed by atoms with Crippen molar-refractivity contribution < 1.29 is 4.79 Å². The smallest absolute Gasteiger partial charge is 0.286 e. The van der Waals surface area contributed by atoms with Crippen LogP contribution >= 0.6 is 0 Å². The third kappa shape index (κ3) is 2.45. The maximum absolute atomic E-state index is 12.2. The molecule has 1 aliphatic rings. The van der Waals surface area contributed by atoms with Crippen LogP contribution in [0, 0.1) is 0 Å². The first kappa shape index (κ1) is 12.1. The topological polar surface area (TPSA) is 64.3 Å². The van der Waals surface area contributed by atoms with E-state index in [-0.39, 0.29) is 5.91 Å². The lowest BCUT2D eigenvalue weighted by Gasteiger charge is -2.32. The Kier molecular flexibility index (Phi) is 3.18. The van der Waals surface area contributed by atoms with Crippen molar-refractivity contribution in [1.29, 1.82) is 0 Å². The molecule has 0 radical (unpaired) electrons. The average molecular weight is 259 g/mol. The molecule has 2 aromatic rings. The Labute approximate surface area is 111 Å². The van der Waals surface area contributed by atoms with E-state index in [4.69, 9.17) is 0 Å². The minimum Gasteiger partial charge on any atom is -0.304 e. The fourth-order valence-electron chi connectivity index (χ4n) is 2.25. The zero-order valence-corrected chi connectivity index (χ0v) is 10.9. The van der Waals surface area contributed by atoms with Crippen molar-refractivity contribution in [2.45, 2.75) is 0 Å². The van der Waals surface area contributed by atoms with Crippen LogP contribution < -0.4 is 5.43 Å². The summed E-state index contributed by atoms with van der Waals surface area (Å²) < 4.78 is 0. The minimum atomic E-state index is -0.151. The summed E-state index contributed by atoms with van der Waals surface area (Å²) >= 11 is 0. The number of carbonyl (C=O) groups is 1. The van der Waals surface area contributed by atoms with E-state index in [1.165, 1.54) is 0 Å². The van der Waals surface area contributed by atoms with Gasteiger partial charge in [-0.05, 0) is 13.1 Å². The van der Waals surface area contributed by atoms with Gasteiger partial charge in [0.15, 0.2) is 5.69 Å². The van der Waals surface area contributed by atoms with Gasteiger partial charge in [-0.15, -0.1) is 0 Å². The number of benzene rings is 1.